The molecule has 2 atom stereocenters. The van der Waals surface area contributed by atoms with E-state index >= 15 is 0 Å². The summed E-state index contributed by atoms with van der Waals surface area (Å²) in [6, 6.07) is 8.29. The van der Waals surface area contributed by atoms with Crippen molar-refractivity contribution in [2.24, 2.45) is 5.73 Å². The predicted molar refractivity (Wildman–Crippen MR) is 74.9 cm³/mol. The average molecular weight is 269 g/mol. The highest BCUT2D eigenvalue weighted by molar-refractivity contribution is 6.30. The first-order valence-corrected chi connectivity index (χ1v) is 6.70. The minimum atomic E-state index is -0.207. The van der Waals surface area contributed by atoms with Crippen LogP contribution < -0.4 is 5.73 Å². The molecule has 0 aliphatic carbocycles. The van der Waals surface area contributed by atoms with E-state index in [4.69, 9.17) is 22.1 Å². The summed E-state index contributed by atoms with van der Waals surface area (Å²) in [6.07, 6.45) is 0.930. The molecule has 2 unspecified atom stereocenters. The Kier molecular flexibility index (Phi) is 4.28. The molecule has 18 heavy (non-hydrogen) atoms. The van der Waals surface area contributed by atoms with Crippen LogP contribution in [0.15, 0.2) is 24.3 Å². The number of nitrogens with zero attached hydrogens (tertiary/aromatic N) is 1. The van der Waals surface area contributed by atoms with E-state index in [2.05, 4.69) is 24.9 Å². The van der Waals surface area contributed by atoms with E-state index in [0.717, 1.165) is 24.6 Å². The van der Waals surface area contributed by atoms with Crippen molar-refractivity contribution in [3.05, 3.63) is 34.9 Å². The van der Waals surface area contributed by atoms with E-state index in [0.29, 0.717) is 12.6 Å². The van der Waals surface area contributed by atoms with E-state index < -0.39 is 0 Å². The highest BCUT2D eigenvalue weighted by atomic mass is 35.5. The fraction of sp³-hybridized carbons (Fsp3) is 0.571. The van der Waals surface area contributed by atoms with Crippen LogP contribution in [0, 0.1) is 0 Å². The first-order chi connectivity index (χ1) is 8.50. The molecule has 0 bridgehead atoms. The van der Waals surface area contributed by atoms with Gasteiger partial charge in [-0.1, -0.05) is 23.7 Å². The number of likely N-dealkylation sites (N-methyl/N-ethyl adjacent to an activating group) is 1. The second-order valence-electron chi connectivity index (χ2n) is 5.31. The van der Waals surface area contributed by atoms with Crippen molar-refractivity contribution in [1.82, 2.24) is 4.90 Å². The third kappa shape index (κ3) is 3.23. The molecule has 0 saturated carbocycles. The maximum atomic E-state index is 6.31. The maximum absolute atomic E-state index is 6.31. The van der Waals surface area contributed by atoms with Crippen molar-refractivity contribution in [3.63, 3.8) is 0 Å². The molecule has 2 rings (SSSR count). The Morgan fingerprint density at radius 1 is 1.56 bits per heavy atom. The standard InChI is InChI=1S/C14H21ClN2O/c1-11(12-4-3-5-13(15)8-12)17(2)9-14(16)6-7-18-10-14/h3-5,8,11H,6-7,9-10,16H2,1-2H3. The van der Waals surface area contributed by atoms with Gasteiger partial charge in [0.15, 0.2) is 0 Å². The fourth-order valence-corrected chi connectivity index (χ4v) is 2.60. The van der Waals surface area contributed by atoms with Gasteiger partial charge in [-0.25, -0.2) is 0 Å². The average Bonchev–Trinajstić information content (AvgIpc) is 2.74. The molecule has 0 spiro atoms. The molecule has 3 nitrogen and oxygen atoms in total. The summed E-state index contributed by atoms with van der Waals surface area (Å²) in [5, 5.41) is 0.777. The van der Waals surface area contributed by atoms with Crippen LogP contribution in [0.5, 0.6) is 0 Å². The van der Waals surface area contributed by atoms with E-state index in [1.807, 2.05) is 18.2 Å². The van der Waals surface area contributed by atoms with E-state index in [9.17, 15) is 0 Å². The molecule has 1 saturated heterocycles. The van der Waals surface area contributed by atoms with Crippen LogP contribution in [0.1, 0.15) is 24.9 Å². The summed E-state index contributed by atoms with van der Waals surface area (Å²) < 4.78 is 5.39. The fourth-order valence-electron chi connectivity index (χ4n) is 2.40. The lowest BCUT2D eigenvalue weighted by Gasteiger charge is -2.32. The Bertz CT molecular complexity index is 405. The highest BCUT2D eigenvalue weighted by Crippen LogP contribution is 2.25. The molecule has 0 aromatic heterocycles. The Morgan fingerprint density at radius 3 is 2.94 bits per heavy atom. The zero-order valence-corrected chi connectivity index (χ0v) is 11.8. The van der Waals surface area contributed by atoms with E-state index in [1.165, 1.54) is 5.56 Å². The molecule has 2 N–H and O–H groups in total. The van der Waals surface area contributed by atoms with Crippen LogP contribution in [0.3, 0.4) is 0 Å². The molecule has 0 amide bonds. The van der Waals surface area contributed by atoms with Crippen LogP contribution in [-0.4, -0.2) is 37.2 Å². The van der Waals surface area contributed by atoms with Crippen molar-refractivity contribution in [2.45, 2.75) is 24.9 Å². The van der Waals surface area contributed by atoms with Gasteiger partial charge in [0, 0.05) is 24.2 Å². The van der Waals surface area contributed by atoms with Crippen molar-refractivity contribution in [1.29, 1.82) is 0 Å². The van der Waals surface area contributed by atoms with Gasteiger partial charge in [-0.3, -0.25) is 4.90 Å². The van der Waals surface area contributed by atoms with E-state index in [-0.39, 0.29) is 5.54 Å². The van der Waals surface area contributed by atoms with Crippen LogP contribution in [0.25, 0.3) is 0 Å². The van der Waals surface area contributed by atoms with Crippen LogP contribution in [0.4, 0.5) is 0 Å². The van der Waals surface area contributed by atoms with Gasteiger partial charge in [-0.15, -0.1) is 0 Å². The SMILES string of the molecule is CC(c1cccc(Cl)c1)N(C)CC1(N)CCOC1. The number of hydrogen-bond donors (Lipinski definition) is 1. The summed E-state index contributed by atoms with van der Waals surface area (Å²) in [5.74, 6) is 0. The second kappa shape index (κ2) is 5.57. The summed E-state index contributed by atoms with van der Waals surface area (Å²) in [7, 11) is 2.10. The summed E-state index contributed by atoms with van der Waals surface area (Å²) >= 11 is 6.03. The number of halogens is 1. The monoisotopic (exact) mass is 268 g/mol. The maximum Gasteiger partial charge on any atom is 0.0659 e. The normalized spacial score (nSPS) is 25.6. The molecule has 4 heteroatoms. The van der Waals surface area contributed by atoms with Gasteiger partial charge in [0.05, 0.1) is 12.1 Å². The minimum absolute atomic E-state index is 0.207. The minimum Gasteiger partial charge on any atom is -0.379 e. The van der Waals surface area contributed by atoms with Crippen LogP contribution in [-0.2, 0) is 4.74 Å². The molecule has 1 aromatic carbocycles. The zero-order valence-electron chi connectivity index (χ0n) is 11.0. The number of ether oxygens (including phenoxy) is 1. The molecular weight excluding hydrogens is 248 g/mol. The van der Waals surface area contributed by atoms with Crippen molar-refractivity contribution < 1.29 is 4.74 Å². The van der Waals surface area contributed by atoms with Crippen molar-refractivity contribution in [3.8, 4) is 0 Å². The van der Waals surface area contributed by atoms with Crippen molar-refractivity contribution in [2.75, 3.05) is 26.8 Å². The number of hydrogen-bond acceptors (Lipinski definition) is 3. The smallest absolute Gasteiger partial charge is 0.0659 e. The molecular formula is C14H21ClN2O. The lowest BCUT2D eigenvalue weighted by molar-refractivity contribution is 0.149. The number of rotatable bonds is 4. The number of benzene rings is 1. The first-order valence-electron chi connectivity index (χ1n) is 6.32. The molecule has 100 valence electrons. The molecule has 1 heterocycles. The highest BCUT2D eigenvalue weighted by Gasteiger charge is 2.32. The third-order valence-electron chi connectivity index (χ3n) is 3.69. The van der Waals surface area contributed by atoms with Gasteiger partial charge >= 0.3 is 0 Å². The number of nitrogens with two attached hydrogens (primary N) is 1. The van der Waals surface area contributed by atoms with Gasteiger partial charge in [0.1, 0.15) is 0 Å². The van der Waals surface area contributed by atoms with Crippen LogP contribution in [0.2, 0.25) is 5.02 Å². The second-order valence-corrected chi connectivity index (χ2v) is 5.75. The summed E-state index contributed by atoms with van der Waals surface area (Å²) in [6.45, 7) is 4.43. The third-order valence-corrected chi connectivity index (χ3v) is 3.93. The van der Waals surface area contributed by atoms with Crippen molar-refractivity contribution >= 4 is 11.6 Å². The van der Waals surface area contributed by atoms with Gasteiger partial charge in [-0.05, 0) is 38.1 Å². The zero-order chi connectivity index (χ0) is 13.2. The van der Waals surface area contributed by atoms with Gasteiger partial charge in [-0.2, -0.15) is 0 Å². The van der Waals surface area contributed by atoms with E-state index in [1.54, 1.807) is 0 Å². The Hall–Kier alpha value is -0.610. The lowest BCUT2D eigenvalue weighted by atomic mass is 9.98. The molecule has 1 fully saturated rings. The predicted octanol–water partition coefficient (Wildman–Crippen LogP) is 2.45. The quantitative estimate of drug-likeness (QED) is 0.912. The Morgan fingerprint density at radius 2 is 2.33 bits per heavy atom. The van der Waals surface area contributed by atoms with Gasteiger partial charge in [0.2, 0.25) is 0 Å². The molecule has 1 aliphatic heterocycles. The van der Waals surface area contributed by atoms with Gasteiger partial charge < -0.3 is 10.5 Å². The van der Waals surface area contributed by atoms with Crippen LogP contribution >= 0.6 is 11.6 Å². The molecule has 1 aromatic rings. The summed E-state index contributed by atoms with van der Waals surface area (Å²) in [4.78, 5) is 2.26. The molecule has 1 aliphatic rings. The Labute approximate surface area is 114 Å². The molecule has 0 radical (unpaired) electrons. The first kappa shape index (κ1) is 13.8. The topological polar surface area (TPSA) is 38.5 Å². The Balaban J connectivity index is 2.02. The largest absolute Gasteiger partial charge is 0.379 e. The summed E-state index contributed by atoms with van der Waals surface area (Å²) in [5.41, 5.74) is 7.32. The van der Waals surface area contributed by atoms with Gasteiger partial charge in [0.25, 0.3) is 0 Å². The lowest BCUT2D eigenvalue weighted by Crippen LogP contribution is -2.50.